The quantitative estimate of drug-likeness (QED) is 0.593. The zero-order valence-electron chi connectivity index (χ0n) is 15.8. The zero-order valence-corrected chi connectivity index (χ0v) is 16.6. The largest absolute Gasteiger partial charge is 0.352 e. The van der Waals surface area contributed by atoms with Gasteiger partial charge in [-0.1, -0.05) is 42.0 Å². The maximum atomic E-state index is 12.4. The summed E-state index contributed by atoms with van der Waals surface area (Å²) in [6.45, 7) is 4.40. The summed E-state index contributed by atoms with van der Waals surface area (Å²) >= 11 is 1.55. The van der Waals surface area contributed by atoms with Crippen LogP contribution in [0.5, 0.6) is 0 Å². The van der Waals surface area contributed by atoms with E-state index >= 15 is 0 Å². The fraction of sp³-hybridized carbons (Fsp3) is 0.190. The lowest BCUT2D eigenvalue weighted by Gasteiger charge is -2.07. The van der Waals surface area contributed by atoms with Gasteiger partial charge in [0.05, 0.1) is 17.1 Å². The van der Waals surface area contributed by atoms with Crippen LogP contribution < -0.4 is 16.4 Å². The van der Waals surface area contributed by atoms with Crippen molar-refractivity contribution in [3.63, 3.8) is 0 Å². The Balaban J connectivity index is 1.62. The summed E-state index contributed by atoms with van der Waals surface area (Å²) in [7, 11) is 0. The second kappa shape index (κ2) is 8.67. The monoisotopic (exact) mass is 394 g/mol. The number of aromatic nitrogens is 1. The number of aryl methyl sites for hydroxylation is 2. The van der Waals surface area contributed by atoms with Gasteiger partial charge < -0.3 is 16.4 Å². The highest BCUT2D eigenvalue weighted by molar-refractivity contribution is 7.12. The molecule has 0 saturated carbocycles. The highest BCUT2D eigenvalue weighted by atomic mass is 32.1. The molecule has 0 aliphatic rings. The van der Waals surface area contributed by atoms with Gasteiger partial charge in [0.25, 0.3) is 0 Å². The smallest absolute Gasteiger partial charge is 0.316 e. The average molecular weight is 395 g/mol. The zero-order chi connectivity index (χ0) is 20.1. The Morgan fingerprint density at radius 3 is 2.36 bits per heavy atom. The molecule has 0 spiro atoms. The van der Waals surface area contributed by atoms with Crippen LogP contribution in [0, 0.1) is 13.8 Å². The molecule has 3 aromatic rings. The Kier molecular flexibility index (Phi) is 6.06. The molecule has 0 radical (unpaired) electrons. The average Bonchev–Trinajstić information content (AvgIpc) is 3.01. The van der Waals surface area contributed by atoms with Crippen molar-refractivity contribution in [3.05, 3.63) is 69.5 Å². The molecule has 144 valence electrons. The molecule has 0 aliphatic carbocycles. The second-order valence-electron chi connectivity index (χ2n) is 6.51. The van der Waals surface area contributed by atoms with Gasteiger partial charge in [-0.15, -0.1) is 11.3 Å². The number of nitrogens with zero attached hydrogens (tertiary/aromatic N) is 1. The topological polar surface area (TPSA) is 97.1 Å². The van der Waals surface area contributed by atoms with E-state index in [0.717, 1.165) is 26.7 Å². The van der Waals surface area contributed by atoms with Gasteiger partial charge in [-0.2, -0.15) is 0 Å². The number of thiazole rings is 1. The molecule has 4 N–H and O–H groups in total. The summed E-state index contributed by atoms with van der Waals surface area (Å²) in [5.41, 5.74) is 9.72. The van der Waals surface area contributed by atoms with Gasteiger partial charge in [0.15, 0.2) is 0 Å². The van der Waals surface area contributed by atoms with E-state index in [1.165, 1.54) is 5.56 Å². The van der Waals surface area contributed by atoms with E-state index in [0.29, 0.717) is 12.2 Å². The maximum absolute atomic E-state index is 12.4. The highest BCUT2D eigenvalue weighted by Crippen LogP contribution is 2.28. The normalized spacial score (nSPS) is 10.5. The lowest BCUT2D eigenvalue weighted by molar-refractivity contribution is -0.120. The molecule has 0 fully saturated rings. The minimum absolute atomic E-state index is 0.0589. The van der Waals surface area contributed by atoms with Gasteiger partial charge >= 0.3 is 6.03 Å². The summed E-state index contributed by atoms with van der Waals surface area (Å²) in [6.07, 6.45) is 0.288. The standard InChI is InChI=1S/C21H22N4O2S/c1-13-3-7-16(8-4-13)20-18(28-14(2)24-20)11-19(26)23-12-15-5-9-17(10-6-15)25-21(22)27/h3-10H,11-12H2,1-2H3,(H,23,26)(H3,22,25,27). The number of urea groups is 1. The van der Waals surface area contributed by atoms with Gasteiger partial charge in [0, 0.05) is 22.7 Å². The minimum atomic E-state index is -0.606. The van der Waals surface area contributed by atoms with Crippen LogP contribution in [0.1, 0.15) is 21.0 Å². The molecule has 3 rings (SSSR count). The molecule has 0 saturated heterocycles. The molecular formula is C21H22N4O2S. The second-order valence-corrected chi connectivity index (χ2v) is 7.80. The third kappa shape index (κ3) is 5.17. The SMILES string of the molecule is Cc1ccc(-c2nc(C)sc2CC(=O)NCc2ccc(NC(N)=O)cc2)cc1. The number of anilines is 1. The first-order valence-corrected chi connectivity index (χ1v) is 9.68. The van der Waals surface area contributed by atoms with Crippen LogP contribution in [0.3, 0.4) is 0 Å². The lowest BCUT2D eigenvalue weighted by atomic mass is 10.1. The van der Waals surface area contributed by atoms with E-state index in [2.05, 4.69) is 15.6 Å². The first-order chi connectivity index (χ1) is 13.4. The molecule has 1 heterocycles. The van der Waals surface area contributed by atoms with Crippen LogP contribution in [0.25, 0.3) is 11.3 Å². The Morgan fingerprint density at radius 1 is 1.04 bits per heavy atom. The number of nitrogens with two attached hydrogens (primary N) is 1. The summed E-state index contributed by atoms with van der Waals surface area (Å²) in [6, 6.07) is 14.7. The summed E-state index contributed by atoms with van der Waals surface area (Å²) in [4.78, 5) is 28.8. The number of carbonyl (C=O) groups is 2. The van der Waals surface area contributed by atoms with Crippen LogP contribution in [0.2, 0.25) is 0 Å². The van der Waals surface area contributed by atoms with E-state index in [-0.39, 0.29) is 12.3 Å². The number of hydrogen-bond donors (Lipinski definition) is 3. The van der Waals surface area contributed by atoms with Crippen LogP contribution in [0.4, 0.5) is 10.5 Å². The Bertz CT molecular complexity index is 979. The van der Waals surface area contributed by atoms with Crippen molar-refractivity contribution in [2.75, 3.05) is 5.32 Å². The summed E-state index contributed by atoms with van der Waals surface area (Å²) in [5, 5.41) is 6.38. The predicted octanol–water partition coefficient (Wildman–Crippen LogP) is 3.78. The third-order valence-electron chi connectivity index (χ3n) is 4.16. The number of carbonyl (C=O) groups excluding carboxylic acids is 2. The molecule has 3 amide bonds. The fourth-order valence-corrected chi connectivity index (χ4v) is 3.74. The Morgan fingerprint density at radius 2 is 1.71 bits per heavy atom. The van der Waals surface area contributed by atoms with Gasteiger partial charge in [0.2, 0.25) is 5.91 Å². The molecule has 7 heteroatoms. The molecule has 0 unspecified atom stereocenters. The number of nitrogens with one attached hydrogen (secondary N) is 2. The first-order valence-electron chi connectivity index (χ1n) is 8.86. The van der Waals surface area contributed by atoms with Gasteiger partial charge in [0.1, 0.15) is 0 Å². The molecule has 6 nitrogen and oxygen atoms in total. The Hall–Kier alpha value is -3.19. The van der Waals surface area contributed by atoms with E-state index in [1.807, 2.05) is 50.2 Å². The van der Waals surface area contributed by atoms with Crippen molar-refractivity contribution in [2.24, 2.45) is 5.73 Å². The third-order valence-corrected chi connectivity index (χ3v) is 5.13. The number of benzene rings is 2. The van der Waals surface area contributed by atoms with Gasteiger partial charge in [-0.05, 0) is 31.5 Å². The molecule has 1 aromatic heterocycles. The Labute approximate surface area is 167 Å². The van der Waals surface area contributed by atoms with E-state index in [1.54, 1.807) is 23.5 Å². The first kappa shape index (κ1) is 19.6. The van der Waals surface area contributed by atoms with Crippen molar-refractivity contribution in [1.29, 1.82) is 0 Å². The van der Waals surface area contributed by atoms with Crippen LogP contribution in [-0.4, -0.2) is 16.9 Å². The van der Waals surface area contributed by atoms with Crippen LogP contribution in [0.15, 0.2) is 48.5 Å². The van der Waals surface area contributed by atoms with Crippen molar-refractivity contribution < 1.29 is 9.59 Å². The van der Waals surface area contributed by atoms with Crippen LogP contribution in [-0.2, 0) is 17.8 Å². The molecule has 0 atom stereocenters. The van der Waals surface area contributed by atoms with Crippen molar-refractivity contribution in [2.45, 2.75) is 26.8 Å². The number of hydrogen-bond acceptors (Lipinski definition) is 4. The van der Waals surface area contributed by atoms with Gasteiger partial charge in [-0.3, -0.25) is 4.79 Å². The summed E-state index contributed by atoms with van der Waals surface area (Å²) < 4.78 is 0. The lowest BCUT2D eigenvalue weighted by Crippen LogP contribution is -2.24. The van der Waals surface area contributed by atoms with E-state index in [4.69, 9.17) is 5.73 Å². The van der Waals surface area contributed by atoms with Crippen molar-refractivity contribution in [1.82, 2.24) is 10.3 Å². The molecule has 0 bridgehead atoms. The molecule has 2 aromatic carbocycles. The molecule has 28 heavy (non-hydrogen) atoms. The number of rotatable bonds is 6. The van der Waals surface area contributed by atoms with Gasteiger partial charge in [-0.25, -0.2) is 9.78 Å². The van der Waals surface area contributed by atoms with Crippen molar-refractivity contribution >= 4 is 29.0 Å². The molecule has 0 aliphatic heterocycles. The number of primary amides is 1. The fourth-order valence-electron chi connectivity index (χ4n) is 2.78. The van der Waals surface area contributed by atoms with Crippen molar-refractivity contribution in [3.8, 4) is 11.3 Å². The minimum Gasteiger partial charge on any atom is -0.352 e. The van der Waals surface area contributed by atoms with E-state index < -0.39 is 6.03 Å². The van der Waals surface area contributed by atoms with E-state index in [9.17, 15) is 9.59 Å². The number of amides is 3. The molecular weight excluding hydrogens is 372 g/mol. The summed E-state index contributed by atoms with van der Waals surface area (Å²) in [5.74, 6) is -0.0589. The highest BCUT2D eigenvalue weighted by Gasteiger charge is 2.14. The maximum Gasteiger partial charge on any atom is 0.316 e. The predicted molar refractivity (Wildman–Crippen MR) is 112 cm³/mol. The van der Waals surface area contributed by atoms with Crippen LogP contribution >= 0.6 is 11.3 Å².